The first-order valence-corrected chi connectivity index (χ1v) is 10.2. The van der Waals surface area contributed by atoms with Crippen LogP contribution in [0, 0.1) is 0 Å². The summed E-state index contributed by atoms with van der Waals surface area (Å²) in [5, 5.41) is 1.89. The molecule has 8 heteroatoms. The molecule has 2 amide bonds. The van der Waals surface area contributed by atoms with Crippen molar-refractivity contribution in [2.75, 3.05) is 6.54 Å². The first-order valence-electron chi connectivity index (χ1n) is 10.2. The van der Waals surface area contributed by atoms with Gasteiger partial charge in [-0.15, -0.1) is 0 Å². The van der Waals surface area contributed by atoms with Gasteiger partial charge in [-0.3, -0.25) is 14.4 Å². The largest absolute Gasteiger partial charge is 0.425 e. The molecular formula is C23H29F3N2O3. The van der Waals surface area contributed by atoms with Gasteiger partial charge in [0.15, 0.2) is 5.78 Å². The Labute approximate surface area is 180 Å². The standard InChI is InChI=1S/C23H29F3N2O3/c1-7-8-13-28-14(2)18(15(3)29)22(20(28)31,23(24,25)26)27-19(30)16-9-11-17(12-10-16)21(4,5)6/h9-12H,7-8,13H2,1-6H3,(H,27,30). The van der Waals surface area contributed by atoms with Crippen LogP contribution in [0.3, 0.4) is 0 Å². The molecule has 31 heavy (non-hydrogen) atoms. The highest BCUT2D eigenvalue weighted by molar-refractivity contribution is 6.13. The van der Waals surface area contributed by atoms with Gasteiger partial charge in [-0.05, 0) is 43.4 Å². The summed E-state index contributed by atoms with van der Waals surface area (Å²) in [6, 6.07) is 6.15. The highest BCUT2D eigenvalue weighted by Crippen LogP contribution is 2.45. The van der Waals surface area contributed by atoms with E-state index < -0.39 is 34.9 Å². The maximum Gasteiger partial charge on any atom is 0.425 e. The lowest BCUT2D eigenvalue weighted by molar-refractivity contribution is -0.190. The maximum absolute atomic E-state index is 14.4. The van der Waals surface area contributed by atoms with E-state index >= 15 is 0 Å². The van der Waals surface area contributed by atoms with Crippen molar-refractivity contribution in [3.63, 3.8) is 0 Å². The Morgan fingerprint density at radius 1 is 1.10 bits per heavy atom. The van der Waals surface area contributed by atoms with Crippen molar-refractivity contribution in [2.45, 2.75) is 71.5 Å². The summed E-state index contributed by atoms with van der Waals surface area (Å²) in [7, 11) is 0. The highest BCUT2D eigenvalue weighted by atomic mass is 19.4. The van der Waals surface area contributed by atoms with Crippen molar-refractivity contribution in [2.24, 2.45) is 0 Å². The number of nitrogens with one attached hydrogen (secondary N) is 1. The van der Waals surface area contributed by atoms with E-state index in [1.165, 1.54) is 19.1 Å². The van der Waals surface area contributed by atoms with Crippen LogP contribution in [0.1, 0.15) is 70.3 Å². The number of ketones is 1. The number of carbonyl (C=O) groups is 3. The molecule has 0 spiro atoms. The summed E-state index contributed by atoms with van der Waals surface area (Å²) >= 11 is 0. The molecular weight excluding hydrogens is 409 g/mol. The van der Waals surface area contributed by atoms with E-state index in [0.717, 1.165) is 17.4 Å². The van der Waals surface area contributed by atoms with Crippen molar-refractivity contribution < 1.29 is 27.6 Å². The fraction of sp³-hybridized carbons (Fsp3) is 0.522. The number of nitrogens with zero attached hydrogens (tertiary/aromatic N) is 1. The van der Waals surface area contributed by atoms with Crippen molar-refractivity contribution in [3.8, 4) is 0 Å². The van der Waals surface area contributed by atoms with Crippen molar-refractivity contribution in [1.29, 1.82) is 0 Å². The quantitative estimate of drug-likeness (QED) is 0.710. The van der Waals surface area contributed by atoms with Gasteiger partial charge < -0.3 is 10.2 Å². The molecule has 1 aromatic rings. The van der Waals surface area contributed by atoms with Crippen LogP contribution in [0.15, 0.2) is 35.5 Å². The van der Waals surface area contributed by atoms with Gasteiger partial charge in [-0.2, -0.15) is 13.2 Å². The molecule has 1 aliphatic heterocycles. The van der Waals surface area contributed by atoms with Crippen LogP contribution in [0.5, 0.6) is 0 Å². The minimum absolute atomic E-state index is 0.0306. The summed E-state index contributed by atoms with van der Waals surface area (Å²) in [4.78, 5) is 39.1. The van der Waals surface area contributed by atoms with Gasteiger partial charge in [0.2, 0.25) is 5.54 Å². The molecule has 2 rings (SSSR count). The van der Waals surface area contributed by atoms with E-state index in [0.29, 0.717) is 12.8 Å². The van der Waals surface area contributed by atoms with E-state index in [1.54, 1.807) is 12.1 Å². The second-order valence-corrected chi connectivity index (χ2v) is 8.86. The van der Waals surface area contributed by atoms with Gasteiger partial charge in [-0.25, -0.2) is 0 Å². The second-order valence-electron chi connectivity index (χ2n) is 8.86. The van der Waals surface area contributed by atoms with Gasteiger partial charge in [0.25, 0.3) is 11.8 Å². The number of Topliss-reactive ketones (excluding diaryl/α,β-unsaturated/α-hetero) is 1. The van der Waals surface area contributed by atoms with Crippen LogP contribution < -0.4 is 5.32 Å². The molecule has 0 radical (unpaired) electrons. The number of amides is 2. The molecule has 1 unspecified atom stereocenters. The zero-order valence-corrected chi connectivity index (χ0v) is 18.7. The molecule has 0 aliphatic carbocycles. The van der Waals surface area contributed by atoms with E-state index in [1.807, 2.05) is 33.0 Å². The Bertz CT molecular complexity index is 911. The molecule has 1 atom stereocenters. The predicted octanol–water partition coefficient (Wildman–Crippen LogP) is 4.52. The summed E-state index contributed by atoms with van der Waals surface area (Å²) < 4.78 is 43.2. The number of rotatable bonds is 6. The first-order chi connectivity index (χ1) is 14.2. The third kappa shape index (κ3) is 4.38. The number of halogens is 3. The molecule has 0 bridgehead atoms. The lowest BCUT2D eigenvalue weighted by Crippen LogP contribution is -2.66. The smallest absolute Gasteiger partial charge is 0.326 e. The second kappa shape index (κ2) is 8.48. The van der Waals surface area contributed by atoms with Crippen LogP contribution >= 0.6 is 0 Å². The minimum Gasteiger partial charge on any atom is -0.326 e. The number of hydrogen-bond acceptors (Lipinski definition) is 3. The van der Waals surface area contributed by atoms with E-state index in [-0.39, 0.29) is 23.2 Å². The lowest BCUT2D eigenvalue weighted by atomic mass is 9.85. The number of alkyl halides is 3. The van der Waals surface area contributed by atoms with Gasteiger partial charge in [0.1, 0.15) is 0 Å². The van der Waals surface area contributed by atoms with Gasteiger partial charge in [0.05, 0.1) is 5.57 Å². The van der Waals surface area contributed by atoms with Crippen LogP contribution in [0.2, 0.25) is 0 Å². The molecule has 0 saturated carbocycles. The van der Waals surface area contributed by atoms with Crippen molar-refractivity contribution in [3.05, 3.63) is 46.7 Å². The van der Waals surface area contributed by atoms with Crippen LogP contribution in [-0.2, 0) is 15.0 Å². The van der Waals surface area contributed by atoms with Crippen LogP contribution in [0.25, 0.3) is 0 Å². The molecule has 0 saturated heterocycles. The highest BCUT2D eigenvalue weighted by Gasteiger charge is 2.69. The molecule has 5 nitrogen and oxygen atoms in total. The molecule has 1 heterocycles. The number of unbranched alkanes of at least 4 members (excludes halogenated alkanes) is 1. The van der Waals surface area contributed by atoms with E-state index in [2.05, 4.69) is 0 Å². The lowest BCUT2D eigenvalue weighted by Gasteiger charge is -2.33. The number of benzene rings is 1. The Morgan fingerprint density at radius 2 is 1.65 bits per heavy atom. The molecule has 170 valence electrons. The fourth-order valence-electron chi connectivity index (χ4n) is 3.79. The molecule has 1 N–H and O–H groups in total. The predicted molar refractivity (Wildman–Crippen MR) is 111 cm³/mol. The molecule has 1 aromatic carbocycles. The van der Waals surface area contributed by atoms with Crippen LogP contribution in [-0.4, -0.2) is 40.8 Å². The SMILES string of the molecule is CCCCN1C(=O)C(NC(=O)c2ccc(C(C)(C)C)cc2)(C(F)(F)F)C(C(C)=O)=C1C. The monoisotopic (exact) mass is 438 g/mol. The Morgan fingerprint density at radius 3 is 2.06 bits per heavy atom. The third-order valence-corrected chi connectivity index (χ3v) is 5.53. The molecule has 0 fully saturated rings. The molecule has 0 aromatic heterocycles. The summed E-state index contributed by atoms with van der Waals surface area (Å²) in [5.74, 6) is -3.34. The van der Waals surface area contributed by atoms with Gasteiger partial charge >= 0.3 is 6.18 Å². The number of allylic oxidation sites excluding steroid dienone is 1. The fourth-order valence-corrected chi connectivity index (χ4v) is 3.79. The first kappa shape index (κ1) is 24.6. The summed E-state index contributed by atoms with van der Waals surface area (Å²) in [5.41, 5.74) is -3.55. The van der Waals surface area contributed by atoms with Crippen molar-refractivity contribution >= 4 is 17.6 Å². The van der Waals surface area contributed by atoms with E-state index in [4.69, 9.17) is 0 Å². The summed E-state index contributed by atoms with van der Waals surface area (Å²) in [6.45, 7) is 10.1. The average Bonchev–Trinajstić information content (AvgIpc) is 2.86. The summed E-state index contributed by atoms with van der Waals surface area (Å²) in [6.07, 6.45) is -4.09. The van der Waals surface area contributed by atoms with Gasteiger partial charge in [0, 0.05) is 17.8 Å². The topological polar surface area (TPSA) is 66.5 Å². The Balaban J connectivity index is 2.55. The van der Waals surface area contributed by atoms with Gasteiger partial charge in [-0.1, -0.05) is 46.2 Å². The average molecular weight is 438 g/mol. The minimum atomic E-state index is -5.20. The van der Waals surface area contributed by atoms with Crippen molar-refractivity contribution in [1.82, 2.24) is 10.2 Å². The third-order valence-electron chi connectivity index (χ3n) is 5.53. The zero-order valence-electron chi connectivity index (χ0n) is 18.7. The molecule has 1 aliphatic rings. The Kier molecular flexibility index (Phi) is 6.73. The van der Waals surface area contributed by atoms with Crippen LogP contribution in [0.4, 0.5) is 13.2 Å². The Hall–Kier alpha value is -2.64. The number of carbonyl (C=O) groups excluding carboxylic acids is 3. The maximum atomic E-state index is 14.4. The van der Waals surface area contributed by atoms with E-state index in [9.17, 15) is 27.6 Å². The number of hydrogen-bond donors (Lipinski definition) is 1. The normalized spacial score (nSPS) is 19.8. The zero-order chi connectivity index (χ0) is 23.8.